The van der Waals surface area contributed by atoms with E-state index in [-0.39, 0.29) is 0 Å². The summed E-state index contributed by atoms with van der Waals surface area (Å²) in [5.41, 5.74) is 0. The van der Waals surface area contributed by atoms with Crippen molar-refractivity contribution in [3.8, 4) is 0 Å². The lowest BCUT2D eigenvalue weighted by Gasteiger charge is -1.95. The van der Waals surface area contributed by atoms with E-state index < -0.39 is 11.8 Å². The number of esters is 1. The third-order valence-corrected chi connectivity index (χ3v) is 2.92. The zero-order valence-electron chi connectivity index (χ0n) is 7.99. The van der Waals surface area contributed by atoms with Crippen LogP contribution in [0.1, 0.15) is 16.6 Å². The van der Waals surface area contributed by atoms with Gasteiger partial charge in [0.15, 0.2) is 0 Å². The maximum absolute atomic E-state index is 13.2. The summed E-state index contributed by atoms with van der Waals surface area (Å²) >= 11 is 1.18. The number of hydrogen-bond donors (Lipinski definition) is 0. The number of nitrogens with zero attached hydrogens (tertiary/aromatic N) is 1. The lowest BCUT2D eigenvalue weighted by molar-refractivity contribution is 0.0532. The zero-order valence-corrected chi connectivity index (χ0v) is 8.81. The number of carbonyl (C=O) groups is 1. The molecule has 5 heteroatoms. The zero-order chi connectivity index (χ0) is 10.8. The Balaban J connectivity index is 2.47. The molecule has 2 heterocycles. The Bertz CT molecular complexity index is 509. The van der Waals surface area contributed by atoms with E-state index in [4.69, 9.17) is 4.74 Å². The van der Waals surface area contributed by atoms with Gasteiger partial charge in [0, 0.05) is 11.6 Å². The highest BCUT2D eigenvalue weighted by atomic mass is 32.1. The van der Waals surface area contributed by atoms with E-state index in [2.05, 4.69) is 4.98 Å². The van der Waals surface area contributed by atoms with Crippen molar-refractivity contribution in [1.82, 2.24) is 4.98 Å². The minimum Gasteiger partial charge on any atom is -0.462 e. The van der Waals surface area contributed by atoms with Crippen molar-refractivity contribution in [1.29, 1.82) is 0 Å². The number of pyridine rings is 1. The van der Waals surface area contributed by atoms with Gasteiger partial charge in [0.05, 0.1) is 17.5 Å². The van der Waals surface area contributed by atoms with Gasteiger partial charge in [-0.3, -0.25) is 4.98 Å². The van der Waals surface area contributed by atoms with E-state index in [1.165, 1.54) is 23.6 Å². The summed E-state index contributed by atoms with van der Waals surface area (Å²) in [5.74, 6) is -0.836. The second-order valence-electron chi connectivity index (χ2n) is 2.86. The third kappa shape index (κ3) is 1.83. The van der Waals surface area contributed by atoms with E-state index in [0.717, 1.165) is 6.20 Å². The average Bonchev–Trinajstić information content (AvgIpc) is 2.63. The highest BCUT2D eigenvalue weighted by Crippen LogP contribution is 2.27. The molecule has 0 radical (unpaired) electrons. The predicted molar refractivity (Wildman–Crippen MR) is 55.5 cm³/mol. The topological polar surface area (TPSA) is 39.2 Å². The van der Waals surface area contributed by atoms with Gasteiger partial charge in [-0.15, -0.1) is 11.3 Å². The number of fused-ring (bicyclic) bond motifs is 1. The van der Waals surface area contributed by atoms with Gasteiger partial charge < -0.3 is 4.74 Å². The first-order valence-corrected chi connectivity index (χ1v) is 5.24. The second-order valence-corrected chi connectivity index (χ2v) is 3.95. The van der Waals surface area contributed by atoms with Gasteiger partial charge in [-0.05, 0) is 13.0 Å². The molecule has 0 bridgehead atoms. The van der Waals surface area contributed by atoms with Crippen LogP contribution < -0.4 is 0 Å². The molecule has 0 atom stereocenters. The van der Waals surface area contributed by atoms with Crippen molar-refractivity contribution in [3.63, 3.8) is 0 Å². The van der Waals surface area contributed by atoms with Gasteiger partial charge in [0.25, 0.3) is 0 Å². The van der Waals surface area contributed by atoms with Crippen molar-refractivity contribution in [2.24, 2.45) is 0 Å². The minimum atomic E-state index is -0.418. The number of ether oxygens (including phenoxy) is 1. The first kappa shape index (κ1) is 10.0. The fourth-order valence-electron chi connectivity index (χ4n) is 1.23. The number of carbonyl (C=O) groups excluding carboxylic acids is 1. The summed E-state index contributed by atoms with van der Waals surface area (Å²) in [4.78, 5) is 15.5. The Morgan fingerprint density at radius 3 is 3.07 bits per heavy atom. The van der Waals surface area contributed by atoms with Crippen molar-refractivity contribution in [2.45, 2.75) is 6.92 Å². The number of aromatic nitrogens is 1. The Morgan fingerprint density at radius 1 is 1.60 bits per heavy atom. The Labute approximate surface area is 89.5 Å². The summed E-state index contributed by atoms with van der Waals surface area (Å²) in [5, 5.41) is 0.415. The lowest BCUT2D eigenvalue weighted by atomic mass is 10.3. The van der Waals surface area contributed by atoms with E-state index in [0.29, 0.717) is 21.6 Å². The van der Waals surface area contributed by atoms with Crippen LogP contribution in [0.3, 0.4) is 0 Å². The molecule has 0 aliphatic rings. The SMILES string of the molecule is CCOC(=O)c1cc2c(F)cncc2s1. The molecule has 0 aliphatic carbocycles. The van der Waals surface area contributed by atoms with Crippen molar-refractivity contribution in [3.05, 3.63) is 29.2 Å². The van der Waals surface area contributed by atoms with Gasteiger partial charge in [0.1, 0.15) is 10.7 Å². The summed E-state index contributed by atoms with van der Waals surface area (Å²) < 4.78 is 18.7. The van der Waals surface area contributed by atoms with Crippen LogP contribution in [0.15, 0.2) is 18.5 Å². The molecule has 0 fully saturated rings. The maximum atomic E-state index is 13.2. The van der Waals surface area contributed by atoms with Crippen LogP contribution in [0, 0.1) is 5.82 Å². The molecular formula is C10H8FNO2S. The molecule has 0 saturated carbocycles. The fourth-order valence-corrected chi connectivity index (χ4v) is 2.17. The molecule has 0 N–H and O–H groups in total. The average molecular weight is 225 g/mol. The number of hydrogen-bond acceptors (Lipinski definition) is 4. The summed E-state index contributed by atoms with van der Waals surface area (Å²) in [6.07, 6.45) is 2.66. The maximum Gasteiger partial charge on any atom is 0.348 e. The molecule has 0 aliphatic heterocycles. The molecule has 2 aromatic heterocycles. The molecule has 0 saturated heterocycles. The van der Waals surface area contributed by atoms with Crippen LogP contribution in [0.4, 0.5) is 4.39 Å². The quantitative estimate of drug-likeness (QED) is 0.737. The molecule has 3 nitrogen and oxygen atoms in total. The normalized spacial score (nSPS) is 10.5. The summed E-state index contributed by atoms with van der Waals surface area (Å²) in [7, 11) is 0. The highest BCUT2D eigenvalue weighted by molar-refractivity contribution is 7.20. The highest BCUT2D eigenvalue weighted by Gasteiger charge is 2.13. The molecule has 0 aromatic carbocycles. The number of thiophene rings is 1. The van der Waals surface area contributed by atoms with Gasteiger partial charge in [-0.2, -0.15) is 0 Å². The first-order chi connectivity index (χ1) is 7.22. The van der Waals surface area contributed by atoms with Crippen molar-refractivity contribution in [2.75, 3.05) is 6.61 Å². The molecule has 78 valence electrons. The van der Waals surface area contributed by atoms with Crippen molar-refractivity contribution < 1.29 is 13.9 Å². The van der Waals surface area contributed by atoms with Gasteiger partial charge in [-0.1, -0.05) is 0 Å². The van der Waals surface area contributed by atoms with Gasteiger partial charge in [0.2, 0.25) is 0 Å². The number of rotatable bonds is 2. The van der Waals surface area contributed by atoms with Crippen LogP contribution in [-0.2, 0) is 4.74 Å². The van der Waals surface area contributed by atoms with E-state index in [9.17, 15) is 9.18 Å². The van der Waals surface area contributed by atoms with Crippen molar-refractivity contribution >= 4 is 27.4 Å². The molecule has 2 aromatic rings. The smallest absolute Gasteiger partial charge is 0.348 e. The Morgan fingerprint density at radius 2 is 2.40 bits per heavy atom. The largest absolute Gasteiger partial charge is 0.462 e. The van der Waals surface area contributed by atoms with E-state index >= 15 is 0 Å². The Kier molecular flexibility index (Phi) is 2.64. The molecule has 0 unspecified atom stereocenters. The predicted octanol–water partition coefficient (Wildman–Crippen LogP) is 2.61. The van der Waals surface area contributed by atoms with Crippen LogP contribution >= 0.6 is 11.3 Å². The van der Waals surface area contributed by atoms with Gasteiger partial charge in [-0.25, -0.2) is 9.18 Å². The Hall–Kier alpha value is -1.49. The lowest BCUT2D eigenvalue weighted by Crippen LogP contribution is -2.01. The van der Waals surface area contributed by atoms with Crippen LogP contribution in [0.5, 0.6) is 0 Å². The van der Waals surface area contributed by atoms with Crippen LogP contribution in [-0.4, -0.2) is 17.6 Å². The van der Waals surface area contributed by atoms with E-state index in [1.54, 1.807) is 6.92 Å². The number of halogens is 1. The first-order valence-electron chi connectivity index (χ1n) is 4.42. The summed E-state index contributed by atoms with van der Waals surface area (Å²) in [6.45, 7) is 2.04. The van der Waals surface area contributed by atoms with Crippen LogP contribution in [0.25, 0.3) is 10.1 Å². The van der Waals surface area contributed by atoms with E-state index in [1.807, 2.05) is 0 Å². The molecule has 15 heavy (non-hydrogen) atoms. The second kappa shape index (κ2) is 3.94. The molecule has 2 rings (SSSR count). The standard InChI is InChI=1S/C10H8FNO2S/c1-2-14-10(13)8-3-6-7(11)4-12-5-9(6)15-8/h3-5H,2H2,1H3. The molecule has 0 amide bonds. The summed E-state index contributed by atoms with van der Waals surface area (Å²) in [6, 6.07) is 1.50. The van der Waals surface area contributed by atoms with Gasteiger partial charge >= 0.3 is 5.97 Å². The third-order valence-electron chi connectivity index (χ3n) is 1.87. The fraction of sp³-hybridized carbons (Fsp3) is 0.200. The van der Waals surface area contributed by atoms with Crippen LogP contribution in [0.2, 0.25) is 0 Å². The molecular weight excluding hydrogens is 217 g/mol. The molecule has 0 spiro atoms. The monoisotopic (exact) mass is 225 g/mol. The minimum absolute atomic E-state index is 0.313.